The van der Waals surface area contributed by atoms with Gasteiger partial charge in [0.25, 0.3) is 0 Å². The van der Waals surface area contributed by atoms with Crippen LogP contribution in [0.5, 0.6) is 5.75 Å². The summed E-state index contributed by atoms with van der Waals surface area (Å²) in [5.41, 5.74) is 1.33. The Morgan fingerprint density at radius 3 is 2.80 bits per heavy atom. The molecule has 0 saturated carbocycles. The largest absolute Gasteiger partial charge is 0.497 e. The fourth-order valence-electron chi connectivity index (χ4n) is 3.40. The van der Waals surface area contributed by atoms with Crippen molar-refractivity contribution < 1.29 is 4.74 Å². The molecule has 0 spiro atoms. The van der Waals surface area contributed by atoms with Gasteiger partial charge in [0.05, 0.1) is 7.11 Å². The summed E-state index contributed by atoms with van der Waals surface area (Å²) in [7, 11) is 1.73. The van der Waals surface area contributed by atoms with Crippen LogP contribution < -0.4 is 4.74 Å². The van der Waals surface area contributed by atoms with Gasteiger partial charge in [0.2, 0.25) is 0 Å². The van der Waals surface area contributed by atoms with Crippen molar-refractivity contribution in [3.63, 3.8) is 0 Å². The maximum atomic E-state index is 5.33. The minimum atomic E-state index is 0.780. The number of methoxy groups -OCH3 is 1. The molecule has 0 radical (unpaired) electrons. The van der Waals surface area contributed by atoms with E-state index in [9.17, 15) is 0 Å². The molecule has 2 aliphatic heterocycles. The summed E-state index contributed by atoms with van der Waals surface area (Å²) in [4.78, 5) is 5.25. The maximum absolute atomic E-state index is 5.33. The Balaban J connectivity index is 1.61. The van der Waals surface area contributed by atoms with E-state index < -0.39 is 0 Å². The standard InChI is InChI=1S/C16H23BrN2O/c1-20-15-4-5-16(17)13(10-15)11-18-9-6-14(12-18)19-7-2-3-8-19/h4-5,10,14H,2-3,6-9,11-12H2,1H3. The Bertz CT molecular complexity index is 460. The van der Waals surface area contributed by atoms with Crippen LogP contribution in [-0.2, 0) is 6.54 Å². The second-order valence-corrected chi connectivity index (χ2v) is 6.73. The number of likely N-dealkylation sites (tertiary alicyclic amines) is 2. The molecule has 2 fully saturated rings. The number of hydrogen-bond acceptors (Lipinski definition) is 3. The zero-order valence-corrected chi connectivity index (χ0v) is 13.7. The van der Waals surface area contributed by atoms with Gasteiger partial charge in [0, 0.05) is 30.1 Å². The molecule has 1 atom stereocenters. The highest BCUT2D eigenvalue weighted by molar-refractivity contribution is 9.10. The number of halogens is 1. The monoisotopic (exact) mass is 338 g/mol. The van der Waals surface area contributed by atoms with Gasteiger partial charge in [0.15, 0.2) is 0 Å². The molecule has 4 heteroatoms. The van der Waals surface area contributed by atoms with Crippen molar-refractivity contribution in [2.24, 2.45) is 0 Å². The second kappa shape index (κ2) is 6.46. The van der Waals surface area contributed by atoms with E-state index in [0.717, 1.165) is 18.3 Å². The van der Waals surface area contributed by atoms with Crippen molar-refractivity contribution in [2.45, 2.75) is 31.8 Å². The SMILES string of the molecule is COc1ccc(Br)c(CN2CCC(N3CCCC3)C2)c1. The number of rotatable bonds is 4. The van der Waals surface area contributed by atoms with E-state index in [0.29, 0.717) is 0 Å². The zero-order valence-electron chi connectivity index (χ0n) is 12.1. The lowest BCUT2D eigenvalue weighted by Gasteiger charge is -2.24. The van der Waals surface area contributed by atoms with Gasteiger partial charge in [0.1, 0.15) is 5.75 Å². The van der Waals surface area contributed by atoms with Gasteiger partial charge in [-0.25, -0.2) is 0 Å². The number of ether oxygens (including phenoxy) is 1. The number of benzene rings is 1. The Kier molecular flexibility index (Phi) is 4.64. The first-order valence-electron chi connectivity index (χ1n) is 7.55. The van der Waals surface area contributed by atoms with Crippen LogP contribution in [-0.4, -0.2) is 49.1 Å². The molecule has 2 heterocycles. The summed E-state index contributed by atoms with van der Waals surface area (Å²) in [6.45, 7) is 6.05. The van der Waals surface area contributed by atoms with E-state index in [-0.39, 0.29) is 0 Å². The van der Waals surface area contributed by atoms with Gasteiger partial charge in [-0.05, 0) is 56.1 Å². The number of nitrogens with zero attached hydrogens (tertiary/aromatic N) is 2. The fraction of sp³-hybridized carbons (Fsp3) is 0.625. The van der Waals surface area contributed by atoms with Gasteiger partial charge in [-0.3, -0.25) is 9.80 Å². The summed E-state index contributed by atoms with van der Waals surface area (Å²) in [5, 5.41) is 0. The van der Waals surface area contributed by atoms with Crippen molar-refractivity contribution in [1.29, 1.82) is 0 Å². The molecule has 1 aromatic rings. The van der Waals surface area contributed by atoms with Gasteiger partial charge >= 0.3 is 0 Å². The smallest absolute Gasteiger partial charge is 0.119 e. The number of hydrogen-bond donors (Lipinski definition) is 0. The molecule has 1 unspecified atom stereocenters. The molecular weight excluding hydrogens is 316 g/mol. The van der Waals surface area contributed by atoms with Crippen molar-refractivity contribution >= 4 is 15.9 Å². The third kappa shape index (κ3) is 3.18. The van der Waals surface area contributed by atoms with Gasteiger partial charge in [-0.1, -0.05) is 15.9 Å². The molecule has 0 aromatic heterocycles. The van der Waals surface area contributed by atoms with E-state index in [1.54, 1.807) is 7.11 Å². The third-order valence-electron chi connectivity index (χ3n) is 4.55. The van der Waals surface area contributed by atoms with Crippen LogP contribution in [0.2, 0.25) is 0 Å². The molecule has 1 aromatic carbocycles. The molecular formula is C16H23BrN2O. The highest BCUT2D eigenvalue weighted by Crippen LogP contribution is 2.26. The van der Waals surface area contributed by atoms with E-state index in [1.165, 1.54) is 55.5 Å². The summed E-state index contributed by atoms with van der Waals surface area (Å²) < 4.78 is 6.51. The average Bonchev–Trinajstić information content (AvgIpc) is 3.12. The summed E-state index contributed by atoms with van der Waals surface area (Å²) in [6, 6.07) is 7.02. The normalized spacial score (nSPS) is 24.4. The van der Waals surface area contributed by atoms with E-state index in [2.05, 4.69) is 37.9 Å². The maximum Gasteiger partial charge on any atom is 0.119 e. The molecule has 20 heavy (non-hydrogen) atoms. The predicted molar refractivity (Wildman–Crippen MR) is 85.2 cm³/mol. The first-order valence-corrected chi connectivity index (χ1v) is 8.34. The minimum absolute atomic E-state index is 0.780. The Hall–Kier alpha value is -0.580. The quantitative estimate of drug-likeness (QED) is 0.838. The van der Waals surface area contributed by atoms with Crippen LogP contribution in [0.25, 0.3) is 0 Å². The summed E-state index contributed by atoms with van der Waals surface area (Å²) in [5.74, 6) is 0.943. The Morgan fingerprint density at radius 1 is 1.25 bits per heavy atom. The van der Waals surface area contributed by atoms with Gasteiger partial charge < -0.3 is 4.74 Å². The molecule has 0 bridgehead atoms. The van der Waals surface area contributed by atoms with Crippen LogP contribution in [0.15, 0.2) is 22.7 Å². The lowest BCUT2D eigenvalue weighted by molar-refractivity contribution is 0.229. The van der Waals surface area contributed by atoms with Crippen LogP contribution in [0.4, 0.5) is 0 Å². The van der Waals surface area contributed by atoms with Gasteiger partial charge in [-0.2, -0.15) is 0 Å². The molecule has 3 nitrogen and oxygen atoms in total. The van der Waals surface area contributed by atoms with Crippen molar-refractivity contribution in [3.05, 3.63) is 28.2 Å². The lowest BCUT2D eigenvalue weighted by Crippen LogP contribution is -2.35. The summed E-state index contributed by atoms with van der Waals surface area (Å²) >= 11 is 3.66. The topological polar surface area (TPSA) is 15.7 Å². The van der Waals surface area contributed by atoms with Gasteiger partial charge in [-0.15, -0.1) is 0 Å². The fourth-order valence-corrected chi connectivity index (χ4v) is 3.77. The van der Waals surface area contributed by atoms with E-state index in [4.69, 9.17) is 4.74 Å². The molecule has 0 amide bonds. The van der Waals surface area contributed by atoms with Crippen LogP contribution >= 0.6 is 15.9 Å². The first-order chi connectivity index (χ1) is 9.76. The van der Waals surface area contributed by atoms with Crippen molar-refractivity contribution in [2.75, 3.05) is 33.3 Å². The molecule has 2 saturated heterocycles. The second-order valence-electron chi connectivity index (χ2n) is 5.88. The molecule has 2 aliphatic rings. The molecule has 0 aliphatic carbocycles. The predicted octanol–water partition coefficient (Wildman–Crippen LogP) is 3.13. The van der Waals surface area contributed by atoms with E-state index >= 15 is 0 Å². The van der Waals surface area contributed by atoms with Crippen LogP contribution in [0.1, 0.15) is 24.8 Å². The Morgan fingerprint density at radius 2 is 2.05 bits per heavy atom. The summed E-state index contributed by atoms with van der Waals surface area (Å²) in [6.07, 6.45) is 4.09. The first kappa shape index (κ1) is 14.4. The van der Waals surface area contributed by atoms with Crippen LogP contribution in [0.3, 0.4) is 0 Å². The van der Waals surface area contributed by atoms with E-state index in [1.807, 2.05) is 6.07 Å². The average molecular weight is 339 g/mol. The minimum Gasteiger partial charge on any atom is -0.497 e. The highest BCUT2D eigenvalue weighted by atomic mass is 79.9. The Labute approximate surface area is 130 Å². The highest BCUT2D eigenvalue weighted by Gasteiger charge is 2.29. The van der Waals surface area contributed by atoms with Crippen LogP contribution in [0, 0.1) is 0 Å². The molecule has 0 N–H and O–H groups in total. The molecule has 110 valence electrons. The van der Waals surface area contributed by atoms with Crippen molar-refractivity contribution in [1.82, 2.24) is 9.80 Å². The third-order valence-corrected chi connectivity index (χ3v) is 5.33. The molecule has 3 rings (SSSR count). The van der Waals surface area contributed by atoms with Crippen molar-refractivity contribution in [3.8, 4) is 5.75 Å². The lowest BCUT2D eigenvalue weighted by atomic mass is 10.2. The zero-order chi connectivity index (χ0) is 13.9.